The minimum atomic E-state index is -0.141. The van der Waals surface area contributed by atoms with E-state index in [-0.39, 0.29) is 17.7 Å². The van der Waals surface area contributed by atoms with Crippen LogP contribution in [0.25, 0.3) is 5.69 Å². The van der Waals surface area contributed by atoms with E-state index in [9.17, 15) is 9.59 Å². The van der Waals surface area contributed by atoms with Gasteiger partial charge in [-0.2, -0.15) is 5.10 Å². The van der Waals surface area contributed by atoms with E-state index in [0.717, 1.165) is 11.4 Å². The third kappa shape index (κ3) is 4.45. The number of amides is 2. The number of methoxy groups -OCH3 is 1. The van der Waals surface area contributed by atoms with Crippen molar-refractivity contribution in [3.63, 3.8) is 0 Å². The predicted molar refractivity (Wildman–Crippen MR) is 119 cm³/mol. The first-order valence-corrected chi connectivity index (χ1v) is 10.4. The average Bonchev–Trinajstić information content (AvgIpc) is 3.21. The quantitative estimate of drug-likeness (QED) is 0.686. The molecule has 4 rings (SSSR count). The van der Waals surface area contributed by atoms with Crippen molar-refractivity contribution in [1.82, 2.24) is 14.7 Å². The average molecular weight is 418 g/mol. The summed E-state index contributed by atoms with van der Waals surface area (Å²) in [4.78, 5) is 27.5. The minimum absolute atomic E-state index is 0.0409. The fourth-order valence-corrected chi connectivity index (χ4v) is 3.90. The van der Waals surface area contributed by atoms with Crippen molar-refractivity contribution in [3.8, 4) is 11.4 Å². The van der Waals surface area contributed by atoms with Crippen molar-refractivity contribution in [3.05, 3.63) is 72.1 Å². The molecule has 0 unspecified atom stereocenters. The summed E-state index contributed by atoms with van der Waals surface area (Å²) in [6.07, 6.45) is 1.23. The summed E-state index contributed by atoms with van der Waals surface area (Å²) in [7, 11) is 1.58. The first kappa shape index (κ1) is 20.7. The lowest BCUT2D eigenvalue weighted by Crippen LogP contribution is -2.41. The molecule has 2 aromatic carbocycles. The lowest BCUT2D eigenvalue weighted by Gasteiger charge is -2.31. The second-order valence-electron chi connectivity index (χ2n) is 7.67. The number of hydrogen-bond acceptors (Lipinski definition) is 4. The van der Waals surface area contributed by atoms with Crippen LogP contribution in [0.2, 0.25) is 0 Å². The molecule has 0 aliphatic carbocycles. The van der Waals surface area contributed by atoms with Gasteiger partial charge in [0.05, 0.1) is 18.5 Å². The zero-order valence-corrected chi connectivity index (χ0v) is 17.7. The standard InChI is InChI=1S/C24H26N4O3/c1-17-16-21(26-28(17)19-8-4-3-5-9-19)24(30)27-14-12-18(13-15-27)23(29)25-20-10-6-7-11-22(20)31-2/h3-11,16,18H,12-15H2,1-2H3,(H,25,29). The van der Waals surface area contributed by atoms with Crippen LogP contribution >= 0.6 is 0 Å². The van der Waals surface area contributed by atoms with Gasteiger partial charge in [-0.25, -0.2) is 4.68 Å². The zero-order valence-electron chi connectivity index (χ0n) is 17.7. The van der Waals surface area contributed by atoms with Crippen LogP contribution in [0.4, 0.5) is 5.69 Å². The molecule has 1 aromatic heterocycles. The maximum absolute atomic E-state index is 13.0. The molecule has 31 heavy (non-hydrogen) atoms. The van der Waals surface area contributed by atoms with Gasteiger partial charge in [0.2, 0.25) is 5.91 Å². The molecule has 2 heterocycles. The second kappa shape index (κ2) is 9.04. The summed E-state index contributed by atoms with van der Waals surface area (Å²) in [6, 6.07) is 18.9. The Labute approximate surface area is 181 Å². The van der Waals surface area contributed by atoms with Gasteiger partial charge in [-0.3, -0.25) is 9.59 Å². The molecule has 0 atom stereocenters. The summed E-state index contributed by atoms with van der Waals surface area (Å²) in [5.74, 6) is 0.354. The molecule has 7 nitrogen and oxygen atoms in total. The zero-order chi connectivity index (χ0) is 21.8. The summed E-state index contributed by atoms with van der Waals surface area (Å²) < 4.78 is 7.08. The highest BCUT2D eigenvalue weighted by molar-refractivity contribution is 5.95. The van der Waals surface area contributed by atoms with Crippen LogP contribution in [-0.2, 0) is 4.79 Å². The van der Waals surface area contributed by atoms with Gasteiger partial charge >= 0.3 is 0 Å². The Hall–Kier alpha value is -3.61. The number of benzene rings is 2. The highest BCUT2D eigenvalue weighted by Gasteiger charge is 2.29. The molecule has 1 N–H and O–H groups in total. The summed E-state index contributed by atoms with van der Waals surface area (Å²) in [5, 5.41) is 7.47. The van der Waals surface area contributed by atoms with Crippen LogP contribution in [0, 0.1) is 12.8 Å². The molecule has 1 aliphatic rings. The van der Waals surface area contributed by atoms with Crippen molar-refractivity contribution >= 4 is 17.5 Å². The number of carbonyl (C=O) groups excluding carboxylic acids is 2. The lowest BCUT2D eigenvalue weighted by atomic mass is 9.95. The molecule has 3 aromatic rings. The smallest absolute Gasteiger partial charge is 0.274 e. The van der Waals surface area contributed by atoms with Crippen molar-refractivity contribution in [1.29, 1.82) is 0 Å². The molecule has 0 bridgehead atoms. The van der Waals surface area contributed by atoms with Crippen LogP contribution in [0.5, 0.6) is 5.75 Å². The first-order chi connectivity index (χ1) is 15.1. The maximum atomic E-state index is 13.0. The third-order valence-corrected chi connectivity index (χ3v) is 5.63. The number of piperidine rings is 1. The number of likely N-dealkylation sites (tertiary alicyclic amines) is 1. The number of rotatable bonds is 5. The van der Waals surface area contributed by atoms with E-state index in [1.54, 1.807) is 16.7 Å². The number of anilines is 1. The second-order valence-corrected chi connectivity index (χ2v) is 7.67. The fourth-order valence-electron chi connectivity index (χ4n) is 3.90. The van der Waals surface area contributed by atoms with Gasteiger partial charge < -0.3 is 15.0 Å². The molecule has 160 valence electrons. The molecule has 1 saturated heterocycles. The summed E-state index contributed by atoms with van der Waals surface area (Å²) >= 11 is 0. The Morgan fingerprint density at radius 1 is 1.03 bits per heavy atom. The summed E-state index contributed by atoms with van der Waals surface area (Å²) in [6.45, 7) is 2.99. The first-order valence-electron chi connectivity index (χ1n) is 10.4. The van der Waals surface area contributed by atoms with Crippen LogP contribution in [0.15, 0.2) is 60.7 Å². The molecule has 1 fully saturated rings. The normalized spacial score (nSPS) is 14.3. The van der Waals surface area contributed by atoms with Gasteiger partial charge in [0.25, 0.3) is 5.91 Å². The molecule has 1 aliphatic heterocycles. The SMILES string of the molecule is COc1ccccc1NC(=O)C1CCN(C(=O)c2cc(C)n(-c3ccccc3)n2)CC1. The van der Waals surface area contributed by atoms with E-state index in [4.69, 9.17) is 4.74 Å². The minimum Gasteiger partial charge on any atom is -0.495 e. The largest absolute Gasteiger partial charge is 0.495 e. The molecule has 0 spiro atoms. The van der Waals surface area contributed by atoms with E-state index in [1.165, 1.54) is 0 Å². The molecule has 7 heteroatoms. The van der Waals surface area contributed by atoms with Crippen molar-refractivity contribution in [2.24, 2.45) is 5.92 Å². The Kier molecular flexibility index (Phi) is 6.02. The van der Waals surface area contributed by atoms with E-state index >= 15 is 0 Å². The number of carbonyl (C=O) groups is 2. The molecule has 0 radical (unpaired) electrons. The van der Waals surface area contributed by atoms with Crippen molar-refractivity contribution in [2.45, 2.75) is 19.8 Å². The fraction of sp³-hybridized carbons (Fsp3) is 0.292. The van der Waals surface area contributed by atoms with Gasteiger partial charge in [0.15, 0.2) is 5.69 Å². The number of nitrogens with zero attached hydrogens (tertiary/aromatic N) is 3. The van der Waals surface area contributed by atoms with Gasteiger partial charge in [-0.05, 0) is 50.1 Å². The molecular formula is C24H26N4O3. The number of nitrogens with one attached hydrogen (secondary N) is 1. The number of para-hydroxylation sites is 3. The van der Waals surface area contributed by atoms with Gasteiger partial charge in [0, 0.05) is 24.7 Å². The molecule has 2 amide bonds. The van der Waals surface area contributed by atoms with Crippen LogP contribution in [0.3, 0.4) is 0 Å². The van der Waals surface area contributed by atoms with Crippen LogP contribution in [-0.4, -0.2) is 46.7 Å². The van der Waals surface area contributed by atoms with Gasteiger partial charge in [-0.1, -0.05) is 30.3 Å². The van der Waals surface area contributed by atoms with Gasteiger partial charge in [0.1, 0.15) is 5.75 Å². The summed E-state index contributed by atoms with van der Waals surface area (Å²) in [5.41, 5.74) is 2.92. The molecular weight excluding hydrogens is 392 g/mol. The van der Waals surface area contributed by atoms with E-state index in [1.807, 2.05) is 67.6 Å². The Balaban J connectivity index is 1.38. The Bertz CT molecular complexity index is 1070. The molecule has 0 saturated carbocycles. The topological polar surface area (TPSA) is 76.5 Å². The Morgan fingerprint density at radius 2 is 1.71 bits per heavy atom. The highest BCUT2D eigenvalue weighted by atomic mass is 16.5. The highest BCUT2D eigenvalue weighted by Crippen LogP contribution is 2.26. The number of ether oxygens (including phenoxy) is 1. The third-order valence-electron chi connectivity index (χ3n) is 5.63. The van der Waals surface area contributed by atoms with Crippen molar-refractivity contribution < 1.29 is 14.3 Å². The van der Waals surface area contributed by atoms with Crippen molar-refractivity contribution in [2.75, 3.05) is 25.5 Å². The van der Waals surface area contributed by atoms with E-state index in [2.05, 4.69) is 10.4 Å². The van der Waals surface area contributed by atoms with Crippen LogP contribution in [0.1, 0.15) is 29.0 Å². The van der Waals surface area contributed by atoms with Crippen LogP contribution < -0.4 is 10.1 Å². The Morgan fingerprint density at radius 3 is 2.42 bits per heavy atom. The lowest BCUT2D eigenvalue weighted by molar-refractivity contribution is -0.121. The number of aryl methyl sites for hydroxylation is 1. The van der Waals surface area contributed by atoms with Gasteiger partial charge in [-0.15, -0.1) is 0 Å². The number of hydrogen-bond donors (Lipinski definition) is 1. The van der Waals surface area contributed by atoms with E-state index < -0.39 is 0 Å². The maximum Gasteiger partial charge on any atom is 0.274 e. The van der Waals surface area contributed by atoms with E-state index in [0.29, 0.717) is 43.1 Å². The monoisotopic (exact) mass is 418 g/mol. The predicted octanol–water partition coefficient (Wildman–Crippen LogP) is 3.68. The number of aromatic nitrogens is 2.